The number of fused-ring (bicyclic) bond motifs is 1. The molecule has 30 heteroatoms. The average molecular weight is 1320 g/mol. The number of benzene rings is 4. The topological polar surface area (TPSA) is 465 Å². The molecule has 0 aliphatic carbocycles. The number of nitrogens with one attached hydrogen (secondary N) is 13. The van der Waals surface area contributed by atoms with Crippen molar-refractivity contribution in [3.63, 3.8) is 0 Å². The molecule has 4 aromatic carbocycles. The van der Waals surface area contributed by atoms with Gasteiger partial charge in [0.1, 0.15) is 54.1 Å². The average Bonchev–Trinajstić information content (AvgIpc) is 1.71. The number of urea groups is 1. The number of aromatic amines is 1. The molecule has 1 aromatic heterocycles. The van der Waals surface area contributed by atoms with Gasteiger partial charge in [-0.1, -0.05) is 105 Å². The number of likely N-dealkylation sites (tertiary alicyclic amines) is 1. The molecule has 510 valence electrons. The molecule has 1 aliphatic rings. The van der Waals surface area contributed by atoms with Crippen LogP contribution in [0.2, 0.25) is 0 Å². The Balaban J connectivity index is 1.15. The zero-order chi connectivity index (χ0) is 69.3. The molecule has 30 nitrogen and oxygen atoms in total. The molecular weight excluding hydrogens is 1230 g/mol. The number of aromatic hydroxyl groups is 1. The van der Waals surface area contributed by atoms with Gasteiger partial charge >= 0.3 is 6.03 Å². The predicted molar refractivity (Wildman–Crippen MR) is 348 cm³/mol. The van der Waals surface area contributed by atoms with Gasteiger partial charge in [0.25, 0.3) is 5.91 Å². The minimum Gasteiger partial charge on any atom is -0.508 e. The fraction of sp³-hybridized carbons (Fsp3) is 0.415. The largest absolute Gasteiger partial charge is 0.508 e. The third-order valence-corrected chi connectivity index (χ3v) is 15.5. The molecule has 12 amide bonds. The first-order chi connectivity index (χ1) is 45.3. The van der Waals surface area contributed by atoms with Gasteiger partial charge in [-0.2, -0.15) is 0 Å². The fourth-order valence-electron chi connectivity index (χ4n) is 10.6. The predicted octanol–water partition coefficient (Wildman–Crippen LogP) is -0.973. The summed E-state index contributed by atoms with van der Waals surface area (Å²) in [6.07, 6.45) is -1.75. The van der Waals surface area contributed by atoms with Gasteiger partial charge in [0.2, 0.25) is 53.2 Å². The van der Waals surface area contributed by atoms with Crippen molar-refractivity contribution >= 4 is 82.0 Å². The maximum absolute atomic E-state index is 14.5. The van der Waals surface area contributed by atoms with Crippen LogP contribution >= 0.6 is 0 Å². The van der Waals surface area contributed by atoms with E-state index in [0.29, 0.717) is 16.7 Å². The van der Waals surface area contributed by atoms with E-state index in [-0.39, 0.29) is 82.3 Å². The molecule has 0 bridgehead atoms. The molecule has 0 radical (unpaired) electrons. The maximum Gasteiger partial charge on any atom is 0.334 e. The number of carbonyl (C=O) groups excluding carboxylic acids is 11. The maximum atomic E-state index is 14.5. The number of phenolic OH excluding ortho intramolecular Hbond substituents is 1. The number of hydrogen-bond donors (Lipinski definition) is 17. The number of aliphatic hydroxyl groups is 1. The molecule has 2 heterocycles. The smallest absolute Gasteiger partial charge is 0.334 e. The molecular formula is C65H86N16O14. The lowest BCUT2D eigenvalue weighted by molar-refractivity contribution is -0.142. The summed E-state index contributed by atoms with van der Waals surface area (Å²) in [4.78, 5) is 156. The van der Waals surface area contributed by atoms with Crippen LogP contribution in [0, 0.1) is 11.3 Å². The van der Waals surface area contributed by atoms with Crippen LogP contribution < -0.4 is 70.2 Å². The highest BCUT2D eigenvalue weighted by molar-refractivity contribution is 5.99. The Bertz CT molecular complexity index is 3480. The van der Waals surface area contributed by atoms with Crippen molar-refractivity contribution in [1.82, 2.24) is 68.6 Å². The monoisotopic (exact) mass is 1310 g/mol. The SMILES string of the molecule is CNC(=N)NCCC[C@H](NC(=O)[C@H](CC(C)C)NC(=O)NNC(=O)[C@H](Cc1ccccc1)NC(=O)C(NC(=O)[C@H](CC(N)=O)NC(=O)[C@@H]1C[C@@H](OCc2ccccc2)CN1C(=O)[C@@H](Cc1ccc(O)cc1)NC(C)=O)[C@@H](C)O)C(=O)N[C@@H](Cc1c[nH]c2ccccc12)C(N)=O. The van der Waals surface area contributed by atoms with E-state index in [1.807, 2.05) is 42.5 Å². The van der Waals surface area contributed by atoms with Gasteiger partial charge in [0.05, 0.1) is 25.2 Å². The second-order valence-corrected chi connectivity index (χ2v) is 23.5. The summed E-state index contributed by atoms with van der Waals surface area (Å²) >= 11 is 0. The van der Waals surface area contributed by atoms with E-state index in [9.17, 15) is 63.0 Å². The number of primary amides is 2. The standard InChI is InChI=1S/C65H86N16O14/c1-36(2)27-49(58(88)73-47(21-14-26-70-64(68)69-5)57(87)74-48(56(67)86)30-42-33-71-46-20-13-12-19-45(42)46)77-65(94)80-79-60(90)50(28-39-15-8-6-9-16-39)76-62(92)55(37(3)82)78-59(89)51(32-54(66)85)75-61(91)53-31-44(95-35-41-17-10-7-11-18-41)34-81(53)63(93)52(72-38(4)83)29-40-22-24-43(84)25-23-40/h6-13,15-20,22-25,33,36-37,44,47-53,55,71,82,84H,14,21,26-32,34-35H2,1-5H3,(H2,66,85)(H2,67,86)(H,72,83)(H,73,88)(H,74,87)(H,75,91)(H,76,92)(H,78,89)(H,79,90)(H3,68,69,70)(H2,77,80,94)/t37-,44-,47+,48+,49+,50+,51+,52-,53+,55?/m1/s1. The van der Waals surface area contributed by atoms with Crippen molar-refractivity contribution in [2.75, 3.05) is 20.1 Å². The van der Waals surface area contributed by atoms with Crippen LogP contribution in [0.25, 0.3) is 10.9 Å². The van der Waals surface area contributed by atoms with Crippen molar-refractivity contribution in [3.8, 4) is 5.75 Å². The first-order valence-corrected chi connectivity index (χ1v) is 31.0. The van der Waals surface area contributed by atoms with Crippen LogP contribution in [0.5, 0.6) is 5.75 Å². The Morgan fingerprint density at radius 3 is 1.88 bits per heavy atom. The summed E-state index contributed by atoms with van der Waals surface area (Å²) in [7, 11) is 1.54. The van der Waals surface area contributed by atoms with Crippen LogP contribution in [0.3, 0.4) is 0 Å². The number of guanidine groups is 1. The molecule has 10 atom stereocenters. The second kappa shape index (κ2) is 36.0. The number of aliphatic hydroxyl groups excluding tert-OH is 1. The molecule has 6 rings (SSSR count). The molecule has 1 fully saturated rings. The van der Waals surface area contributed by atoms with E-state index in [0.717, 1.165) is 23.4 Å². The van der Waals surface area contributed by atoms with Crippen LogP contribution in [0.15, 0.2) is 115 Å². The number of hydrazine groups is 1. The van der Waals surface area contributed by atoms with E-state index in [4.69, 9.17) is 21.6 Å². The zero-order valence-corrected chi connectivity index (χ0v) is 53.5. The number of ether oxygens (including phenoxy) is 1. The van der Waals surface area contributed by atoms with Crippen molar-refractivity contribution < 1.29 is 67.7 Å². The van der Waals surface area contributed by atoms with Gasteiger partial charge in [0.15, 0.2) is 5.96 Å². The number of para-hydroxylation sites is 1. The van der Waals surface area contributed by atoms with Crippen molar-refractivity contribution in [2.45, 2.75) is 146 Å². The highest BCUT2D eigenvalue weighted by atomic mass is 16.5. The van der Waals surface area contributed by atoms with Gasteiger partial charge in [0, 0.05) is 69.8 Å². The van der Waals surface area contributed by atoms with Crippen LogP contribution in [-0.4, -0.2) is 172 Å². The minimum atomic E-state index is -1.89. The van der Waals surface area contributed by atoms with E-state index >= 15 is 0 Å². The molecule has 1 saturated heterocycles. The first-order valence-electron chi connectivity index (χ1n) is 31.0. The van der Waals surface area contributed by atoms with Gasteiger partial charge in [-0.15, -0.1) is 0 Å². The normalized spacial score (nSPS) is 16.0. The third-order valence-electron chi connectivity index (χ3n) is 15.5. The van der Waals surface area contributed by atoms with Crippen LogP contribution in [-0.2, 0) is 78.6 Å². The van der Waals surface area contributed by atoms with Gasteiger partial charge < -0.3 is 84.2 Å². The number of nitrogens with zero attached hydrogens (tertiary/aromatic N) is 1. The fourth-order valence-corrected chi connectivity index (χ4v) is 10.6. The number of aromatic nitrogens is 1. The molecule has 1 unspecified atom stereocenters. The summed E-state index contributed by atoms with van der Waals surface area (Å²) in [5, 5.41) is 52.9. The first kappa shape index (κ1) is 73.4. The summed E-state index contributed by atoms with van der Waals surface area (Å²) < 4.78 is 6.17. The van der Waals surface area contributed by atoms with Crippen molar-refractivity contribution in [2.24, 2.45) is 17.4 Å². The number of phenols is 1. The van der Waals surface area contributed by atoms with Gasteiger partial charge in [-0.3, -0.25) is 58.8 Å². The van der Waals surface area contributed by atoms with E-state index < -0.39 is 132 Å². The third kappa shape index (κ3) is 23.2. The lowest BCUT2D eigenvalue weighted by Gasteiger charge is -2.30. The Hall–Kier alpha value is -10.6. The molecule has 0 saturated carbocycles. The summed E-state index contributed by atoms with van der Waals surface area (Å²) in [6.45, 7) is 6.04. The molecule has 95 heavy (non-hydrogen) atoms. The number of rotatable bonds is 33. The van der Waals surface area contributed by atoms with E-state index in [2.05, 4.69) is 63.7 Å². The van der Waals surface area contributed by atoms with Crippen LogP contribution in [0.4, 0.5) is 4.79 Å². The zero-order valence-electron chi connectivity index (χ0n) is 53.5. The minimum absolute atomic E-state index is 0.000765. The Labute approximate surface area is 548 Å². The molecule has 5 aromatic rings. The Morgan fingerprint density at radius 2 is 1.25 bits per heavy atom. The summed E-state index contributed by atoms with van der Waals surface area (Å²) in [5.41, 5.74) is 19.1. The number of nitrogens with two attached hydrogens (primary N) is 2. The van der Waals surface area contributed by atoms with Gasteiger partial charge in [-0.25, -0.2) is 10.2 Å². The summed E-state index contributed by atoms with van der Waals surface area (Å²) in [5.74, 6) is -9.33. The highest BCUT2D eigenvalue weighted by Crippen LogP contribution is 2.25. The van der Waals surface area contributed by atoms with E-state index in [1.54, 1.807) is 81.7 Å². The Kier molecular flexibility index (Phi) is 27.8. The van der Waals surface area contributed by atoms with Crippen molar-refractivity contribution in [1.29, 1.82) is 5.41 Å². The highest BCUT2D eigenvalue weighted by Gasteiger charge is 2.44. The molecule has 0 spiro atoms. The van der Waals surface area contributed by atoms with Crippen molar-refractivity contribution in [3.05, 3.63) is 138 Å². The number of H-pyrrole nitrogens is 1. The molecule has 19 N–H and O–H groups in total. The number of hydrogen-bond acceptors (Lipinski definition) is 15. The molecule has 1 aliphatic heterocycles. The quantitative estimate of drug-likeness (QED) is 0.0104. The van der Waals surface area contributed by atoms with Crippen LogP contribution in [0.1, 0.15) is 82.1 Å². The number of amides is 12. The lowest BCUT2D eigenvalue weighted by atomic mass is 10.0. The number of carbonyl (C=O) groups is 11. The van der Waals surface area contributed by atoms with E-state index in [1.165, 1.54) is 24.0 Å². The second-order valence-electron chi connectivity index (χ2n) is 23.5. The van der Waals surface area contributed by atoms with Gasteiger partial charge in [-0.05, 0) is 72.6 Å². The lowest BCUT2D eigenvalue weighted by Crippen LogP contribution is -2.62. The Morgan fingerprint density at radius 1 is 0.653 bits per heavy atom. The summed E-state index contributed by atoms with van der Waals surface area (Å²) in [6, 6.07) is 17.8.